The van der Waals surface area contributed by atoms with Gasteiger partial charge in [0.25, 0.3) is 5.60 Å². The first-order chi connectivity index (χ1) is 10.3. The molecule has 4 nitrogen and oxygen atoms in total. The molecule has 0 amide bonds. The minimum atomic E-state index is -6.11. The van der Waals surface area contributed by atoms with Gasteiger partial charge in [0.15, 0.2) is 0 Å². The number of aliphatic hydroxyl groups is 3. The van der Waals surface area contributed by atoms with Crippen LogP contribution in [0.1, 0.15) is 5.56 Å². The lowest BCUT2D eigenvalue weighted by Crippen LogP contribution is -2.54. The molecule has 4 N–H and O–H groups in total. The van der Waals surface area contributed by atoms with Gasteiger partial charge in [-0.15, -0.1) is 0 Å². The van der Waals surface area contributed by atoms with Gasteiger partial charge in [-0.25, -0.2) is 4.39 Å². The first kappa shape index (κ1) is 19.5. The average molecular weight is 351 g/mol. The van der Waals surface area contributed by atoms with Crippen LogP contribution in [-0.4, -0.2) is 46.9 Å². The third-order valence-electron chi connectivity index (χ3n) is 2.95. The Morgan fingerprint density at radius 3 is 1.96 bits per heavy atom. The summed E-state index contributed by atoms with van der Waals surface area (Å²) in [5.74, 6) is -1.50. The highest BCUT2D eigenvalue weighted by atomic mass is 19.4. The van der Waals surface area contributed by atoms with E-state index in [0.717, 1.165) is 0 Å². The van der Waals surface area contributed by atoms with E-state index in [1.54, 1.807) is 0 Å². The molecular weight excluding hydrogens is 339 g/mol. The van der Waals surface area contributed by atoms with Gasteiger partial charge < -0.3 is 20.6 Å². The third-order valence-corrected chi connectivity index (χ3v) is 2.95. The van der Waals surface area contributed by atoms with Gasteiger partial charge in [0.1, 0.15) is 5.82 Å². The van der Waals surface area contributed by atoms with Crippen LogP contribution in [0.2, 0.25) is 0 Å². The molecule has 0 aromatic heterocycles. The van der Waals surface area contributed by atoms with Crippen LogP contribution in [0.3, 0.4) is 0 Å². The molecule has 23 heavy (non-hydrogen) atoms. The summed E-state index contributed by atoms with van der Waals surface area (Å²) in [5, 5.41) is 28.9. The van der Waals surface area contributed by atoms with Gasteiger partial charge in [-0.2, -0.15) is 26.3 Å². The van der Waals surface area contributed by atoms with Crippen LogP contribution in [0.4, 0.5) is 36.4 Å². The summed E-state index contributed by atoms with van der Waals surface area (Å²) in [5.41, 5.74) is -7.46. The number of hydrogen-bond donors (Lipinski definition) is 4. The van der Waals surface area contributed by atoms with Crippen molar-refractivity contribution in [1.82, 2.24) is 0 Å². The lowest BCUT2D eigenvalue weighted by atomic mass is 9.92. The second kappa shape index (κ2) is 6.49. The first-order valence-electron chi connectivity index (χ1n) is 6.03. The van der Waals surface area contributed by atoms with Crippen LogP contribution in [0, 0.1) is 5.82 Å². The highest BCUT2D eigenvalue weighted by Crippen LogP contribution is 2.50. The predicted molar refractivity (Wildman–Crippen MR) is 64.0 cm³/mol. The van der Waals surface area contributed by atoms with Gasteiger partial charge in [0.05, 0.1) is 18.4 Å². The lowest BCUT2D eigenvalue weighted by Gasteiger charge is -2.32. The average Bonchev–Trinajstić information content (AvgIpc) is 2.42. The second-order valence-corrected chi connectivity index (χ2v) is 4.62. The molecule has 1 unspecified atom stereocenters. The highest BCUT2D eigenvalue weighted by molar-refractivity contribution is 5.48. The molecule has 132 valence electrons. The van der Waals surface area contributed by atoms with Crippen molar-refractivity contribution in [3.63, 3.8) is 0 Å². The van der Waals surface area contributed by atoms with Gasteiger partial charge in [-0.05, 0) is 12.1 Å². The van der Waals surface area contributed by atoms with Crippen LogP contribution >= 0.6 is 0 Å². The number of aliphatic hydroxyl groups excluding tert-OH is 2. The van der Waals surface area contributed by atoms with E-state index >= 15 is 0 Å². The molecule has 0 heterocycles. The maximum Gasteiger partial charge on any atom is 0.430 e. The topological polar surface area (TPSA) is 72.7 Å². The van der Waals surface area contributed by atoms with E-state index in [0.29, 0.717) is 6.07 Å². The van der Waals surface area contributed by atoms with Crippen LogP contribution in [-0.2, 0) is 5.60 Å². The summed E-state index contributed by atoms with van der Waals surface area (Å²) in [6, 6.07) is 0.712. The molecule has 1 aromatic rings. The Morgan fingerprint density at radius 2 is 1.57 bits per heavy atom. The molecule has 1 rings (SSSR count). The maximum atomic E-state index is 13.7. The van der Waals surface area contributed by atoms with E-state index in [9.17, 15) is 30.7 Å². The molecule has 1 atom stereocenters. The van der Waals surface area contributed by atoms with Gasteiger partial charge in [-0.1, -0.05) is 6.07 Å². The first-order valence-corrected chi connectivity index (χ1v) is 6.03. The quantitative estimate of drug-likeness (QED) is 0.612. The number of hydrogen-bond acceptors (Lipinski definition) is 4. The van der Waals surface area contributed by atoms with E-state index < -0.39 is 54.3 Å². The number of anilines is 1. The normalized spacial score (nSPS) is 14.7. The fourth-order valence-electron chi connectivity index (χ4n) is 1.66. The summed E-state index contributed by atoms with van der Waals surface area (Å²) in [7, 11) is 0. The van der Waals surface area contributed by atoms with E-state index in [1.165, 1.54) is 0 Å². The highest BCUT2D eigenvalue weighted by Gasteiger charge is 2.71. The molecule has 1 aromatic carbocycles. The van der Waals surface area contributed by atoms with E-state index in [2.05, 4.69) is 5.32 Å². The molecule has 11 heteroatoms. The maximum absolute atomic E-state index is 13.7. The SMILES string of the molecule is OCC(O)CNc1ccc(C(O)(C(F)(F)F)C(F)(F)F)cc1F. The number of nitrogens with one attached hydrogen (secondary N) is 1. The molecule has 0 spiro atoms. The number of halogens is 7. The van der Waals surface area contributed by atoms with Crippen LogP contribution in [0.15, 0.2) is 18.2 Å². The Hall–Kier alpha value is -1.59. The number of rotatable bonds is 5. The van der Waals surface area contributed by atoms with E-state index in [-0.39, 0.29) is 12.1 Å². The Labute approximate surface area is 125 Å². The zero-order chi connectivity index (χ0) is 18.1. The Kier molecular flexibility index (Phi) is 5.49. The fourth-order valence-corrected chi connectivity index (χ4v) is 1.66. The monoisotopic (exact) mass is 351 g/mol. The van der Waals surface area contributed by atoms with Crippen LogP contribution in [0.5, 0.6) is 0 Å². The Bertz CT molecular complexity index is 530. The standard InChI is InChI=1S/C12H12F7NO3/c13-8-3-6(1-2-9(8)20-4-7(22)5-21)10(23,11(14,15)16)12(17,18)19/h1-3,7,20-23H,4-5H2. The smallest absolute Gasteiger partial charge is 0.394 e. The molecule has 0 aliphatic carbocycles. The second-order valence-electron chi connectivity index (χ2n) is 4.62. The fraction of sp³-hybridized carbons (Fsp3) is 0.500. The van der Waals surface area contributed by atoms with Crippen molar-refractivity contribution in [3.8, 4) is 0 Å². The summed E-state index contributed by atoms with van der Waals surface area (Å²) in [4.78, 5) is 0. The molecule has 0 bridgehead atoms. The minimum absolute atomic E-state index is 0.103. The van der Waals surface area contributed by atoms with Crippen molar-refractivity contribution in [3.05, 3.63) is 29.6 Å². The molecule has 0 fully saturated rings. The summed E-state index contributed by atoms with van der Waals surface area (Å²) in [6.07, 6.45) is -13.5. The van der Waals surface area contributed by atoms with Gasteiger partial charge in [0, 0.05) is 12.1 Å². The molecule has 0 saturated heterocycles. The zero-order valence-corrected chi connectivity index (χ0v) is 11.2. The van der Waals surface area contributed by atoms with Gasteiger partial charge in [0.2, 0.25) is 0 Å². The number of alkyl halides is 6. The van der Waals surface area contributed by atoms with E-state index in [4.69, 9.17) is 15.3 Å². The van der Waals surface area contributed by atoms with Crippen molar-refractivity contribution in [2.24, 2.45) is 0 Å². The molecule has 0 aliphatic heterocycles. The number of benzene rings is 1. The van der Waals surface area contributed by atoms with Crippen LogP contribution < -0.4 is 5.32 Å². The third kappa shape index (κ3) is 3.85. The molecule has 0 radical (unpaired) electrons. The van der Waals surface area contributed by atoms with Crippen molar-refractivity contribution in [2.45, 2.75) is 24.1 Å². The lowest BCUT2D eigenvalue weighted by molar-refractivity contribution is -0.376. The van der Waals surface area contributed by atoms with Gasteiger partial charge >= 0.3 is 12.4 Å². The minimum Gasteiger partial charge on any atom is -0.394 e. The molecular formula is C12H12F7NO3. The molecule has 0 saturated carbocycles. The van der Waals surface area contributed by atoms with Crippen molar-refractivity contribution in [2.75, 3.05) is 18.5 Å². The zero-order valence-electron chi connectivity index (χ0n) is 11.2. The summed E-state index contributed by atoms with van der Waals surface area (Å²) < 4.78 is 89.6. The van der Waals surface area contributed by atoms with Crippen molar-refractivity contribution >= 4 is 5.69 Å². The van der Waals surface area contributed by atoms with Crippen molar-refractivity contribution < 1.29 is 46.1 Å². The predicted octanol–water partition coefficient (Wildman–Crippen LogP) is 1.90. The Balaban J connectivity index is 3.21. The van der Waals surface area contributed by atoms with E-state index in [1.807, 2.05) is 0 Å². The van der Waals surface area contributed by atoms with Crippen molar-refractivity contribution in [1.29, 1.82) is 0 Å². The van der Waals surface area contributed by atoms with Gasteiger partial charge in [-0.3, -0.25) is 0 Å². The Morgan fingerprint density at radius 1 is 1.04 bits per heavy atom. The van der Waals surface area contributed by atoms with Crippen LogP contribution in [0.25, 0.3) is 0 Å². The summed E-state index contributed by atoms with van der Waals surface area (Å²) >= 11 is 0. The largest absolute Gasteiger partial charge is 0.430 e. The summed E-state index contributed by atoms with van der Waals surface area (Å²) in [6.45, 7) is -1.08. The molecule has 0 aliphatic rings.